The molecule has 2 atom stereocenters. The summed E-state index contributed by atoms with van der Waals surface area (Å²) < 4.78 is 11.1. The number of nitrogens with zero attached hydrogens (tertiary/aromatic N) is 1. The molecule has 1 heterocycles. The highest BCUT2D eigenvalue weighted by Crippen LogP contribution is 2.15. The van der Waals surface area contributed by atoms with Crippen LogP contribution in [0.25, 0.3) is 0 Å². The number of nitrogens with one attached hydrogen (secondary N) is 1. The summed E-state index contributed by atoms with van der Waals surface area (Å²) in [5, 5.41) is 2.82. The van der Waals surface area contributed by atoms with E-state index in [9.17, 15) is 9.59 Å². The van der Waals surface area contributed by atoms with Crippen LogP contribution in [0.2, 0.25) is 0 Å². The number of hydrogen-bond acceptors (Lipinski definition) is 4. The number of carbonyl (C=O) groups is 2. The van der Waals surface area contributed by atoms with E-state index >= 15 is 0 Å². The molecule has 6 nitrogen and oxygen atoms in total. The van der Waals surface area contributed by atoms with Gasteiger partial charge in [-0.05, 0) is 43.7 Å². The Balaban J connectivity index is 1.47. The fourth-order valence-corrected chi connectivity index (χ4v) is 3.21. The van der Waals surface area contributed by atoms with Gasteiger partial charge in [-0.2, -0.15) is 0 Å². The average Bonchev–Trinajstić information content (AvgIpc) is 2.70. The summed E-state index contributed by atoms with van der Waals surface area (Å²) in [6.45, 7) is 5.50. The maximum absolute atomic E-state index is 12.7. The smallest absolute Gasteiger partial charge is 0.258 e. The summed E-state index contributed by atoms with van der Waals surface area (Å²) in [4.78, 5) is 26.4. The van der Waals surface area contributed by atoms with Crippen LogP contribution >= 0.6 is 0 Å². The number of amides is 2. The van der Waals surface area contributed by atoms with Gasteiger partial charge in [0.15, 0.2) is 6.61 Å². The van der Waals surface area contributed by atoms with E-state index in [0.29, 0.717) is 30.9 Å². The molecular formula is C22H26N2O4. The highest BCUT2D eigenvalue weighted by Gasteiger charge is 2.26. The lowest BCUT2D eigenvalue weighted by Gasteiger charge is -2.35. The van der Waals surface area contributed by atoms with Gasteiger partial charge < -0.3 is 19.7 Å². The average molecular weight is 382 g/mol. The molecule has 2 unspecified atom stereocenters. The van der Waals surface area contributed by atoms with Crippen molar-refractivity contribution in [2.24, 2.45) is 0 Å². The first kappa shape index (κ1) is 19.9. The van der Waals surface area contributed by atoms with Crippen LogP contribution in [0.15, 0.2) is 54.6 Å². The van der Waals surface area contributed by atoms with Gasteiger partial charge in [0, 0.05) is 25.2 Å². The van der Waals surface area contributed by atoms with Gasteiger partial charge in [-0.15, -0.1) is 0 Å². The molecule has 1 aliphatic rings. The summed E-state index contributed by atoms with van der Waals surface area (Å²) in [6.07, 6.45) is 0.0839. The molecule has 1 aliphatic heterocycles. The maximum atomic E-state index is 12.7. The summed E-state index contributed by atoms with van der Waals surface area (Å²) in [6, 6.07) is 16.5. The number of ether oxygens (including phenoxy) is 2. The Bertz CT molecular complexity index is 782. The highest BCUT2D eigenvalue weighted by atomic mass is 16.5. The van der Waals surface area contributed by atoms with Crippen molar-refractivity contribution in [3.8, 4) is 5.75 Å². The summed E-state index contributed by atoms with van der Waals surface area (Å²) in [7, 11) is 0. The lowest BCUT2D eigenvalue weighted by Crippen LogP contribution is -2.48. The van der Waals surface area contributed by atoms with Crippen LogP contribution in [0.1, 0.15) is 29.8 Å². The van der Waals surface area contributed by atoms with Gasteiger partial charge >= 0.3 is 0 Å². The van der Waals surface area contributed by atoms with E-state index in [1.807, 2.05) is 49.1 Å². The third-order valence-electron chi connectivity index (χ3n) is 4.51. The lowest BCUT2D eigenvalue weighted by molar-refractivity contribution is -0.123. The first-order chi connectivity index (χ1) is 13.5. The van der Waals surface area contributed by atoms with Gasteiger partial charge in [0.05, 0.1) is 12.2 Å². The second-order valence-electron chi connectivity index (χ2n) is 7.04. The van der Waals surface area contributed by atoms with Gasteiger partial charge in [0.25, 0.3) is 11.8 Å². The zero-order valence-electron chi connectivity index (χ0n) is 16.3. The summed E-state index contributed by atoms with van der Waals surface area (Å²) in [5.74, 6) is 0.474. The Morgan fingerprint density at radius 3 is 2.32 bits per heavy atom. The summed E-state index contributed by atoms with van der Waals surface area (Å²) >= 11 is 0. The Morgan fingerprint density at radius 2 is 1.68 bits per heavy atom. The largest absolute Gasteiger partial charge is 0.484 e. The van der Waals surface area contributed by atoms with Crippen molar-refractivity contribution < 1.29 is 19.1 Å². The first-order valence-corrected chi connectivity index (χ1v) is 9.49. The summed E-state index contributed by atoms with van der Waals surface area (Å²) in [5.41, 5.74) is 1.57. The minimum Gasteiger partial charge on any atom is -0.484 e. The highest BCUT2D eigenvalue weighted by molar-refractivity contribution is 5.94. The topological polar surface area (TPSA) is 67.9 Å². The zero-order valence-corrected chi connectivity index (χ0v) is 16.3. The second kappa shape index (κ2) is 9.37. The Labute approximate surface area is 165 Å². The zero-order chi connectivity index (χ0) is 19.9. The second-order valence-corrected chi connectivity index (χ2v) is 7.04. The molecule has 6 heteroatoms. The molecule has 2 amide bonds. The molecule has 1 N–H and O–H groups in total. The van der Waals surface area contributed by atoms with Crippen LogP contribution in [0, 0.1) is 0 Å². The lowest BCUT2D eigenvalue weighted by atomic mass is 10.1. The van der Waals surface area contributed by atoms with Crippen LogP contribution in [0.5, 0.6) is 5.75 Å². The van der Waals surface area contributed by atoms with Crippen molar-refractivity contribution >= 4 is 11.8 Å². The number of morpholine rings is 1. The molecule has 0 aliphatic carbocycles. The van der Waals surface area contributed by atoms with Gasteiger partial charge in [-0.3, -0.25) is 9.59 Å². The van der Waals surface area contributed by atoms with Crippen molar-refractivity contribution in [1.82, 2.24) is 10.2 Å². The molecule has 0 saturated carbocycles. The minimum absolute atomic E-state index is 0.00819. The van der Waals surface area contributed by atoms with Crippen molar-refractivity contribution in [2.75, 3.05) is 19.7 Å². The molecule has 148 valence electrons. The van der Waals surface area contributed by atoms with Gasteiger partial charge in [0.1, 0.15) is 5.75 Å². The SMILES string of the molecule is CC1CN(C(=O)c2ccc(CNC(=O)COc3ccccc3)cc2)CC(C)O1. The third kappa shape index (κ3) is 5.57. The van der Waals surface area contributed by atoms with E-state index in [0.717, 1.165) is 5.56 Å². The molecule has 1 saturated heterocycles. The van der Waals surface area contributed by atoms with E-state index in [1.54, 1.807) is 24.3 Å². The molecule has 0 spiro atoms. The maximum Gasteiger partial charge on any atom is 0.258 e. The minimum atomic E-state index is -0.194. The number of benzene rings is 2. The van der Waals surface area contributed by atoms with Gasteiger partial charge in [0.2, 0.25) is 0 Å². The number of para-hydroxylation sites is 1. The molecular weight excluding hydrogens is 356 g/mol. The van der Waals surface area contributed by atoms with Crippen molar-refractivity contribution in [3.63, 3.8) is 0 Å². The monoisotopic (exact) mass is 382 g/mol. The Morgan fingerprint density at radius 1 is 1.04 bits per heavy atom. The molecule has 2 aromatic carbocycles. The van der Waals surface area contributed by atoms with Crippen LogP contribution in [0.3, 0.4) is 0 Å². The first-order valence-electron chi connectivity index (χ1n) is 9.49. The fourth-order valence-electron chi connectivity index (χ4n) is 3.21. The molecule has 0 radical (unpaired) electrons. The van der Waals surface area contributed by atoms with E-state index < -0.39 is 0 Å². The molecule has 28 heavy (non-hydrogen) atoms. The number of carbonyl (C=O) groups excluding carboxylic acids is 2. The van der Waals surface area contributed by atoms with Crippen molar-refractivity contribution in [1.29, 1.82) is 0 Å². The third-order valence-corrected chi connectivity index (χ3v) is 4.51. The normalized spacial score (nSPS) is 19.1. The van der Waals surface area contributed by atoms with Crippen LogP contribution in [-0.4, -0.2) is 48.6 Å². The van der Waals surface area contributed by atoms with Gasteiger partial charge in [-0.25, -0.2) is 0 Å². The van der Waals surface area contributed by atoms with E-state index in [1.165, 1.54) is 0 Å². The van der Waals surface area contributed by atoms with Crippen LogP contribution in [-0.2, 0) is 16.1 Å². The molecule has 3 rings (SSSR count). The predicted molar refractivity (Wildman–Crippen MR) is 106 cm³/mol. The molecule has 0 bridgehead atoms. The number of hydrogen-bond donors (Lipinski definition) is 1. The standard InChI is InChI=1S/C22H26N2O4/c1-16-13-24(14-17(2)28-16)22(26)19-10-8-18(9-11-19)12-23-21(25)15-27-20-6-4-3-5-7-20/h3-11,16-17H,12-15H2,1-2H3,(H,23,25). The fraction of sp³-hybridized carbons (Fsp3) is 0.364. The van der Waals surface area contributed by atoms with E-state index in [4.69, 9.17) is 9.47 Å². The molecule has 1 fully saturated rings. The number of rotatable bonds is 6. The van der Waals surface area contributed by atoms with E-state index in [-0.39, 0.29) is 30.6 Å². The van der Waals surface area contributed by atoms with Crippen molar-refractivity contribution in [2.45, 2.75) is 32.6 Å². The molecule has 0 aromatic heterocycles. The van der Waals surface area contributed by atoms with Crippen LogP contribution in [0.4, 0.5) is 0 Å². The van der Waals surface area contributed by atoms with E-state index in [2.05, 4.69) is 5.32 Å². The Hall–Kier alpha value is -2.86. The molecule has 2 aromatic rings. The predicted octanol–water partition coefficient (Wildman–Crippen LogP) is 2.63. The van der Waals surface area contributed by atoms with Crippen molar-refractivity contribution in [3.05, 3.63) is 65.7 Å². The van der Waals surface area contributed by atoms with Crippen LogP contribution < -0.4 is 10.1 Å². The van der Waals surface area contributed by atoms with Gasteiger partial charge in [-0.1, -0.05) is 30.3 Å². The quantitative estimate of drug-likeness (QED) is 0.834. The Kier molecular flexibility index (Phi) is 6.66.